The first-order chi connectivity index (χ1) is 9.78. The van der Waals surface area contributed by atoms with Gasteiger partial charge in [0.15, 0.2) is 11.8 Å². The zero-order valence-electron chi connectivity index (χ0n) is 12.1. The number of carboxylic acid groups (broad SMARTS) is 1. The SMILES string of the molecule is Cc1ccc(-c2nn(C(C)(C)C(=O)O)c(N)c2C=O)cc1. The van der Waals surface area contributed by atoms with Crippen LogP contribution in [0.25, 0.3) is 11.3 Å². The van der Waals surface area contributed by atoms with Crippen molar-refractivity contribution in [3.63, 3.8) is 0 Å². The lowest BCUT2D eigenvalue weighted by Gasteiger charge is -2.21. The molecule has 0 spiro atoms. The number of nitrogen functional groups attached to an aromatic ring is 1. The Morgan fingerprint density at radius 2 is 1.90 bits per heavy atom. The van der Waals surface area contributed by atoms with Crippen molar-refractivity contribution in [3.8, 4) is 11.3 Å². The summed E-state index contributed by atoms with van der Waals surface area (Å²) < 4.78 is 1.17. The molecule has 3 N–H and O–H groups in total. The van der Waals surface area contributed by atoms with Crippen molar-refractivity contribution < 1.29 is 14.7 Å². The van der Waals surface area contributed by atoms with E-state index >= 15 is 0 Å². The van der Waals surface area contributed by atoms with E-state index in [4.69, 9.17) is 5.73 Å². The maximum atomic E-state index is 11.4. The number of hydrogen-bond acceptors (Lipinski definition) is 4. The van der Waals surface area contributed by atoms with Gasteiger partial charge < -0.3 is 10.8 Å². The molecule has 0 bridgehead atoms. The molecule has 0 aliphatic carbocycles. The van der Waals surface area contributed by atoms with E-state index in [2.05, 4.69) is 5.10 Å². The zero-order valence-corrected chi connectivity index (χ0v) is 12.1. The lowest BCUT2D eigenvalue weighted by molar-refractivity contribution is -0.146. The molecule has 1 heterocycles. The van der Waals surface area contributed by atoms with Crippen molar-refractivity contribution in [3.05, 3.63) is 35.4 Å². The number of hydrogen-bond donors (Lipinski definition) is 2. The summed E-state index contributed by atoms with van der Waals surface area (Å²) in [4.78, 5) is 22.7. The molecule has 0 fully saturated rings. The van der Waals surface area contributed by atoms with Crippen LogP contribution >= 0.6 is 0 Å². The third-order valence-electron chi connectivity index (χ3n) is 3.45. The Bertz CT molecular complexity index is 700. The molecule has 1 aromatic carbocycles. The van der Waals surface area contributed by atoms with Crippen molar-refractivity contribution in [1.82, 2.24) is 9.78 Å². The lowest BCUT2D eigenvalue weighted by atomic mass is 10.1. The Labute approximate surface area is 122 Å². The highest BCUT2D eigenvalue weighted by Gasteiger charge is 2.34. The zero-order chi connectivity index (χ0) is 15.8. The Morgan fingerprint density at radius 3 is 2.38 bits per heavy atom. The molecule has 0 saturated heterocycles. The van der Waals surface area contributed by atoms with E-state index in [1.165, 1.54) is 18.5 Å². The van der Waals surface area contributed by atoms with Crippen LogP contribution in [-0.2, 0) is 10.3 Å². The minimum atomic E-state index is -1.34. The van der Waals surface area contributed by atoms with Crippen LogP contribution in [0.15, 0.2) is 24.3 Å². The van der Waals surface area contributed by atoms with Crippen LogP contribution in [0.1, 0.15) is 29.8 Å². The summed E-state index contributed by atoms with van der Waals surface area (Å²) in [5, 5.41) is 13.5. The van der Waals surface area contributed by atoms with Crippen molar-refractivity contribution in [2.45, 2.75) is 26.3 Å². The molecular formula is C15H17N3O3. The molecule has 2 rings (SSSR count). The summed E-state index contributed by atoms with van der Waals surface area (Å²) in [5.74, 6) is -1.03. The van der Waals surface area contributed by atoms with Crippen LogP contribution < -0.4 is 5.73 Å². The van der Waals surface area contributed by atoms with E-state index in [-0.39, 0.29) is 11.4 Å². The van der Waals surface area contributed by atoms with Gasteiger partial charge in [0.1, 0.15) is 11.5 Å². The van der Waals surface area contributed by atoms with Gasteiger partial charge >= 0.3 is 5.97 Å². The maximum absolute atomic E-state index is 11.4. The first-order valence-electron chi connectivity index (χ1n) is 6.43. The van der Waals surface area contributed by atoms with Crippen LogP contribution in [0.4, 0.5) is 5.82 Å². The highest BCUT2D eigenvalue weighted by molar-refractivity contribution is 5.92. The number of carbonyl (C=O) groups excluding carboxylic acids is 1. The fraction of sp³-hybridized carbons (Fsp3) is 0.267. The fourth-order valence-electron chi connectivity index (χ4n) is 2.00. The summed E-state index contributed by atoms with van der Waals surface area (Å²) >= 11 is 0. The van der Waals surface area contributed by atoms with Gasteiger partial charge in [-0.2, -0.15) is 5.10 Å². The minimum absolute atomic E-state index is 0.0491. The summed E-state index contributed by atoms with van der Waals surface area (Å²) in [7, 11) is 0. The van der Waals surface area contributed by atoms with Crippen LogP contribution in [0.3, 0.4) is 0 Å². The molecule has 0 amide bonds. The van der Waals surface area contributed by atoms with Crippen LogP contribution in [0.2, 0.25) is 0 Å². The Balaban J connectivity index is 2.66. The number of aromatic nitrogens is 2. The van der Waals surface area contributed by atoms with Crippen LogP contribution in [0, 0.1) is 6.92 Å². The molecule has 0 radical (unpaired) electrons. The third-order valence-corrected chi connectivity index (χ3v) is 3.45. The van der Waals surface area contributed by atoms with Gasteiger partial charge in [-0.25, -0.2) is 9.48 Å². The monoisotopic (exact) mass is 287 g/mol. The quantitative estimate of drug-likeness (QED) is 0.839. The van der Waals surface area contributed by atoms with E-state index in [0.29, 0.717) is 17.5 Å². The molecule has 0 atom stereocenters. The number of rotatable bonds is 4. The Kier molecular flexibility index (Phi) is 3.55. The van der Waals surface area contributed by atoms with Crippen LogP contribution in [-0.4, -0.2) is 27.1 Å². The molecule has 110 valence electrons. The summed E-state index contributed by atoms with van der Waals surface area (Å²) in [5.41, 5.74) is 6.95. The number of anilines is 1. The third kappa shape index (κ3) is 2.40. The van der Waals surface area contributed by atoms with Gasteiger partial charge in [-0.1, -0.05) is 29.8 Å². The number of aliphatic carboxylic acids is 1. The molecule has 2 aromatic rings. The van der Waals surface area contributed by atoms with Gasteiger partial charge in [-0.05, 0) is 20.8 Å². The highest BCUT2D eigenvalue weighted by atomic mass is 16.4. The summed E-state index contributed by atoms with van der Waals surface area (Å²) in [6.45, 7) is 4.91. The molecule has 0 aliphatic rings. The van der Waals surface area contributed by atoms with Crippen molar-refractivity contribution >= 4 is 18.1 Å². The smallest absolute Gasteiger partial charge is 0.331 e. The summed E-state index contributed by atoms with van der Waals surface area (Å²) in [6, 6.07) is 7.42. The first-order valence-corrected chi connectivity index (χ1v) is 6.43. The minimum Gasteiger partial charge on any atom is -0.479 e. The summed E-state index contributed by atoms with van der Waals surface area (Å²) in [6.07, 6.45) is 0.603. The normalized spacial score (nSPS) is 11.4. The van der Waals surface area contributed by atoms with Gasteiger partial charge in [-0.15, -0.1) is 0 Å². The van der Waals surface area contributed by atoms with E-state index in [1.54, 1.807) is 0 Å². The number of nitrogens with two attached hydrogens (primary N) is 1. The molecule has 0 saturated carbocycles. The molecular weight excluding hydrogens is 270 g/mol. The van der Waals surface area contributed by atoms with Crippen molar-refractivity contribution in [1.29, 1.82) is 0 Å². The van der Waals surface area contributed by atoms with E-state index in [1.807, 2.05) is 31.2 Å². The fourth-order valence-corrected chi connectivity index (χ4v) is 2.00. The van der Waals surface area contributed by atoms with Gasteiger partial charge in [0.25, 0.3) is 0 Å². The topological polar surface area (TPSA) is 98.2 Å². The number of nitrogens with zero attached hydrogens (tertiary/aromatic N) is 2. The second kappa shape index (κ2) is 5.05. The average molecular weight is 287 g/mol. The number of aldehydes is 1. The van der Waals surface area contributed by atoms with Crippen LogP contribution in [0.5, 0.6) is 0 Å². The molecule has 0 aliphatic heterocycles. The Hall–Kier alpha value is -2.63. The molecule has 21 heavy (non-hydrogen) atoms. The molecule has 1 aromatic heterocycles. The predicted octanol–water partition coefficient (Wildman–Crippen LogP) is 2.07. The number of carbonyl (C=O) groups is 2. The van der Waals surface area contributed by atoms with Gasteiger partial charge in [-0.3, -0.25) is 4.79 Å². The van der Waals surface area contributed by atoms with E-state index < -0.39 is 11.5 Å². The predicted molar refractivity (Wildman–Crippen MR) is 79.2 cm³/mol. The van der Waals surface area contributed by atoms with E-state index in [0.717, 1.165) is 5.56 Å². The van der Waals surface area contributed by atoms with Crippen molar-refractivity contribution in [2.24, 2.45) is 0 Å². The average Bonchev–Trinajstić information content (AvgIpc) is 2.77. The second-order valence-electron chi connectivity index (χ2n) is 5.41. The molecule has 6 heteroatoms. The Morgan fingerprint density at radius 1 is 1.33 bits per heavy atom. The number of benzene rings is 1. The molecule has 0 unspecified atom stereocenters. The first kappa shape index (κ1) is 14.8. The standard InChI is InChI=1S/C15H17N3O3/c1-9-4-6-10(7-5-9)12-11(8-19)13(16)18(17-12)15(2,3)14(20)21/h4-8H,16H2,1-3H3,(H,20,21). The maximum Gasteiger partial charge on any atom is 0.331 e. The van der Waals surface area contributed by atoms with E-state index in [9.17, 15) is 14.7 Å². The van der Waals surface area contributed by atoms with Crippen molar-refractivity contribution in [2.75, 3.05) is 5.73 Å². The molecule has 6 nitrogen and oxygen atoms in total. The van der Waals surface area contributed by atoms with Gasteiger partial charge in [0, 0.05) is 5.56 Å². The lowest BCUT2D eigenvalue weighted by Crippen LogP contribution is -2.37. The van der Waals surface area contributed by atoms with Gasteiger partial charge in [0.2, 0.25) is 0 Å². The second-order valence-corrected chi connectivity index (χ2v) is 5.41. The largest absolute Gasteiger partial charge is 0.479 e. The van der Waals surface area contributed by atoms with Gasteiger partial charge in [0.05, 0.1) is 5.56 Å². The number of aryl methyl sites for hydroxylation is 1. The highest BCUT2D eigenvalue weighted by Crippen LogP contribution is 2.30. The number of carboxylic acids is 1.